The van der Waals surface area contributed by atoms with Crippen LogP contribution in [0.4, 0.5) is 17.2 Å². The van der Waals surface area contributed by atoms with Crippen molar-refractivity contribution < 1.29 is 46.0 Å². The second kappa shape index (κ2) is 17.9. The van der Waals surface area contributed by atoms with Crippen molar-refractivity contribution in [3.63, 3.8) is 0 Å². The summed E-state index contributed by atoms with van der Waals surface area (Å²) in [6.45, 7) is -0.303. The molecule has 0 amide bonds. The number of pyridine rings is 1. The predicted molar refractivity (Wildman–Crippen MR) is 277 cm³/mol. The summed E-state index contributed by atoms with van der Waals surface area (Å²) in [5.74, 6) is 4.77. The van der Waals surface area contributed by atoms with Crippen LogP contribution in [0.1, 0.15) is 11.0 Å². The summed E-state index contributed by atoms with van der Waals surface area (Å²) in [5, 5.41) is 0. The molecule has 9 heterocycles. The molecule has 0 bridgehead atoms. The summed E-state index contributed by atoms with van der Waals surface area (Å²) in [6.07, 6.45) is 12.1. The Morgan fingerprint density at radius 3 is 1.69 bits per heavy atom. The number of benzene rings is 5. The van der Waals surface area contributed by atoms with E-state index in [1.807, 2.05) is 141 Å². The molecule has 0 N–H and O–H groups in total. The maximum absolute atomic E-state index is 7.99. The van der Waals surface area contributed by atoms with Gasteiger partial charge in [-0.05, 0) is 55.5 Å². The van der Waals surface area contributed by atoms with E-state index in [9.17, 15) is 0 Å². The van der Waals surface area contributed by atoms with E-state index in [-0.39, 0.29) is 38.9 Å². The van der Waals surface area contributed by atoms with Crippen LogP contribution in [0.5, 0.6) is 0 Å². The third-order valence-electron chi connectivity index (χ3n) is 13.6. The Labute approximate surface area is 440 Å². The van der Waals surface area contributed by atoms with Crippen molar-refractivity contribution in [2.75, 3.05) is 16.8 Å². The van der Waals surface area contributed by atoms with Gasteiger partial charge in [0.25, 0.3) is 0 Å². The van der Waals surface area contributed by atoms with E-state index in [1.165, 1.54) is 4.90 Å². The van der Waals surface area contributed by atoms with Crippen LogP contribution in [-0.2, 0) is 75.0 Å². The minimum atomic E-state index is -2.22. The number of para-hydroxylation sites is 8. The third kappa shape index (κ3) is 7.43. The molecule has 0 fully saturated rings. The second-order valence-electron chi connectivity index (χ2n) is 17.8. The number of imidazole rings is 7. The Morgan fingerprint density at radius 1 is 0.577 bits per heavy atom. The van der Waals surface area contributed by atoms with Crippen LogP contribution in [0.15, 0.2) is 165 Å². The number of aryl methyl sites for hydroxylation is 6. The van der Waals surface area contributed by atoms with Crippen molar-refractivity contribution in [1.29, 1.82) is 0 Å². The van der Waals surface area contributed by atoms with Crippen LogP contribution < -0.4 is 18.9 Å². The fourth-order valence-corrected chi connectivity index (χ4v) is 9.94. The van der Waals surface area contributed by atoms with Gasteiger partial charge in [0.1, 0.15) is 43.3 Å². The van der Waals surface area contributed by atoms with E-state index in [1.54, 1.807) is 0 Å². The molecule has 1 atom stereocenters. The standard InChI is InChI=1S/C22H17N4.C19H19N5.C15H16N5.Y/c1-24-13-12-17(16-8-4-3-5-9-16)14-20(24)21-15-26-19-11-7-6-10-18(19)23-22(26)25(21)2;1-13-21(2)16-10-6-7-11-17(16)24(13)18-12-23-15-9-5-4-8-14(15)20-19(23)22(18)3;1-17-8-9-18(2)14(17)13-10-20-12-7-5-4-6-11(12)16-15(20)19(13)3;/h3-8,10-11,13-15H,1-2H3;4-13H,1-3H3;4-10H,1-3H3;/q-1;;+1;/t;13-;;/m.0../s1/i;2D3;;. The number of aromatic nitrogens is 12. The maximum Gasteiger partial charge on any atom is 0.306 e. The van der Waals surface area contributed by atoms with Gasteiger partial charge >= 0.3 is 5.82 Å². The van der Waals surface area contributed by atoms with Gasteiger partial charge in [0, 0.05) is 77.3 Å². The first-order chi connectivity index (χ1) is 35.3. The van der Waals surface area contributed by atoms with Gasteiger partial charge in [-0.1, -0.05) is 48.5 Å². The zero-order valence-corrected chi connectivity index (χ0v) is 43.3. The number of rotatable bonds is 4. The molecule has 0 saturated heterocycles. The van der Waals surface area contributed by atoms with E-state index in [0.717, 1.165) is 96.0 Å². The van der Waals surface area contributed by atoms with Gasteiger partial charge in [-0.2, -0.15) is 18.2 Å². The van der Waals surface area contributed by atoms with Gasteiger partial charge in [-0.3, -0.25) is 28.9 Å². The first kappa shape index (κ1) is 42.1. The second-order valence-corrected chi connectivity index (χ2v) is 17.8. The van der Waals surface area contributed by atoms with Gasteiger partial charge in [-0.25, -0.2) is 40.8 Å². The Bertz CT molecular complexity index is 4210. The van der Waals surface area contributed by atoms with Crippen LogP contribution >= 0.6 is 0 Å². The van der Waals surface area contributed by atoms with Crippen molar-refractivity contribution in [3.8, 4) is 34.0 Å². The number of fused-ring (bicyclic) bond motifs is 10. The molecule has 1 aliphatic heterocycles. The predicted octanol–water partition coefficient (Wildman–Crippen LogP) is 9.00. The molecular formula is C56H52N14Y. The summed E-state index contributed by atoms with van der Waals surface area (Å²) < 4.78 is 42.9. The number of anilines is 3. The minimum absolute atomic E-state index is 0. The molecule has 14 nitrogen and oxygen atoms in total. The smallest absolute Gasteiger partial charge is 0.306 e. The molecule has 8 aromatic heterocycles. The summed E-state index contributed by atoms with van der Waals surface area (Å²) in [6, 6.07) is 48.8. The number of hydrogen-bond acceptors (Lipinski definition) is 5. The van der Waals surface area contributed by atoms with E-state index >= 15 is 0 Å². The quantitative estimate of drug-likeness (QED) is 0.130. The largest absolute Gasteiger partial charge is 0.352 e. The first-order valence-electron chi connectivity index (χ1n) is 24.6. The molecule has 15 heteroatoms. The van der Waals surface area contributed by atoms with E-state index in [0.29, 0.717) is 5.69 Å². The van der Waals surface area contributed by atoms with Crippen LogP contribution in [0, 0.1) is 12.1 Å². The molecule has 5 aromatic carbocycles. The summed E-state index contributed by atoms with van der Waals surface area (Å²) in [4.78, 5) is 17.8. The van der Waals surface area contributed by atoms with Crippen LogP contribution in [0.25, 0.3) is 84.5 Å². The Balaban J connectivity index is 0.000000120. The average molecular weight is 1010 g/mol. The first-order valence-corrected chi connectivity index (χ1v) is 23.1. The van der Waals surface area contributed by atoms with Crippen LogP contribution in [0.3, 0.4) is 0 Å². The van der Waals surface area contributed by atoms with Gasteiger partial charge in [-0.15, -0.1) is 12.1 Å². The van der Waals surface area contributed by atoms with Crippen molar-refractivity contribution in [2.24, 2.45) is 42.3 Å². The van der Waals surface area contributed by atoms with Gasteiger partial charge in [0.2, 0.25) is 17.3 Å². The molecule has 0 aliphatic carbocycles. The number of hydrogen-bond donors (Lipinski definition) is 0. The van der Waals surface area contributed by atoms with Gasteiger partial charge in [0.05, 0.1) is 64.8 Å². The molecule has 13 aromatic rings. The zero-order chi connectivity index (χ0) is 50.4. The van der Waals surface area contributed by atoms with Gasteiger partial charge < -0.3 is 18.9 Å². The molecule has 0 spiro atoms. The average Bonchev–Trinajstić information content (AvgIpc) is 4.29. The van der Waals surface area contributed by atoms with Gasteiger partial charge in [0.15, 0.2) is 11.4 Å². The zero-order valence-electron chi connectivity index (χ0n) is 43.5. The van der Waals surface area contributed by atoms with Crippen molar-refractivity contribution in [1.82, 2.24) is 46.4 Å². The minimum Gasteiger partial charge on any atom is -0.352 e. The molecular weight excluding hydrogens is 958 g/mol. The van der Waals surface area contributed by atoms with E-state index < -0.39 is 6.98 Å². The molecule has 349 valence electrons. The summed E-state index contributed by atoms with van der Waals surface area (Å²) in [7, 11) is 12.2. The fourth-order valence-electron chi connectivity index (χ4n) is 9.94. The monoisotopic (exact) mass is 1010 g/mol. The topological polar surface area (TPSA) is 85.9 Å². The normalized spacial score (nSPS) is 14.1. The molecule has 71 heavy (non-hydrogen) atoms. The number of nitrogens with zero attached hydrogens (tertiary/aromatic N) is 14. The van der Waals surface area contributed by atoms with Crippen molar-refractivity contribution in [2.45, 2.75) is 13.1 Å². The molecule has 0 unspecified atom stereocenters. The molecule has 0 saturated carbocycles. The van der Waals surface area contributed by atoms with Crippen molar-refractivity contribution >= 4 is 67.6 Å². The Morgan fingerprint density at radius 2 is 1.11 bits per heavy atom. The third-order valence-corrected chi connectivity index (χ3v) is 13.6. The molecule has 14 rings (SSSR count). The van der Waals surface area contributed by atoms with Crippen LogP contribution in [-0.4, -0.2) is 59.6 Å². The van der Waals surface area contributed by atoms with Crippen LogP contribution in [0.2, 0.25) is 0 Å². The Kier molecular flexibility index (Phi) is 10.6. The Hall–Kier alpha value is -7.81. The van der Waals surface area contributed by atoms with Crippen molar-refractivity contribution in [3.05, 3.63) is 177 Å². The maximum atomic E-state index is 7.99. The fraction of sp³-hybridized carbons (Fsp3) is 0.161. The molecule has 1 radical (unpaired) electrons. The molecule has 1 aliphatic rings. The summed E-state index contributed by atoms with van der Waals surface area (Å²) >= 11 is 0. The van der Waals surface area contributed by atoms with E-state index in [4.69, 9.17) is 19.1 Å². The van der Waals surface area contributed by atoms with E-state index in [2.05, 4.69) is 130 Å². The SMILES string of the molecule is Cn1c(-c2cc(-c3[c-]cccc3)[c-]c[n+]2C)cn2c3ccccc3nc12.Cn1cc[n+](C)c1-c1cn2c3ccccc3nc2n1C.[2H]C([2H])([2H])N1c2ccccc2N(c2cn3c4ccccc4nc3n2C)[C@H]1C.[Y]. The summed E-state index contributed by atoms with van der Waals surface area (Å²) in [5.41, 5.74) is 13.3.